The summed E-state index contributed by atoms with van der Waals surface area (Å²) in [5, 5.41) is 12.7. The second kappa shape index (κ2) is 8.78. The van der Waals surface area contributed by atoms with Crippen LogP contribution in [-0.2, 0) is 9.59 Å². The van der Waals surface area contributed by atoms with Crippen molar-refractivity contribution in [2.24, 2.45) is 0 Å². The molecule has 2 aliphatic rings. The molecule has 1 N–H and O–H groups in total. The van der Waals surface area contributed by atoms with E-state index in [0.29, 0.717) is 43.6 Å². The van der Waals surface area contributed by atoms with Crippen molar-refractivity contribution in [2.75, 3.05) is 38.0 Å². The van der Waals surface area contributed by atoms with E-state index in [2.05, 4.69) is 20.9 Å². The SMILES string of the molecule is CC(=O)N1CCN(CC(=O)Nc2c(C#N)c(C)c(C)n2C2CCCCC2)CC1. The number of piperazine rings is 1. The summed E-state index contributed by atoms with van der Waals surface area (Å²) < 4.78 is 2.19. The number of carbonyl (C=O) groups is 2. The number of anilines is 1. The van der Waals surface area contributed by atoms with Crippen LogP contribution in [0.3, 0.4) is 0 Å². The van der Waals surface area contributed by atoms with Crippen LogP contribution in [0, 0.1) is 25.2 Å². The molecule has 28 heavy (non-hydrogen) atoms. The van der Waals surface area contributed by atoms with Gasteiger partial charge in [0.1, 0.15) is 11.9 Å². The number of nitriles is 1. The van der Waals surface area contributed by atoms with Gasteiger partial charge in [0.15, 0.2) is 0 Å². The van der Waals surface area contributed by atoms with Crippen LogP contribution in [-0.4, -0.2) is 58.9 Å². The van der Waals surface area contributed by atoms with E-state index in [1.54, 1.807) is 6.92 Å². The standard InChI is InChI=1S/C21H31N5O2/c1-15-16(2)26(18-7-5-4-6-8-18)21(19(15)13-22)23-20(28)14-24-9-11-25(12-10-24)17(3)27/h18H,4-12,14H2,1-3H3,(H,23,28). The Balaban J connectivity index is 1.72. The Morgan fingerprint density at radius 1 is 1.11 bits per heavy atom. The highest BCUT2D eigenvalue weighted by atomic mass is 16.2. The zero-order chi connectivity index (χ0) is 20.3. The molecule has 1 aromatic heterocycles. The molecule has 1 aromatic rings. The van der Waals surface area contributed by atoms with Gasteiger partial charge in [0.25, 0.3) is 0 Å². The summed E-state index contributed by atoms with van der Waals surface area (Å²) in [6, 6.07) is 2.65. The van der Waals surface area contributed by atoms with Gasteiger partial charge in [-0.15, -0.1) is 0 Å². The van der Waals surface area contributed by atoms with E-state index in [1.807, 2.05) is 18.7 Å². The van der Waals surface area contributed by atoms with E-state index in [-0.39, 0.29) is 18.4 Å². The van der Waals surface area contributed by atoms with Gasteiger partial charge in [-0.1, -0.05) is 19.3 Å². The van der Waals surface area contributed by atoms with E-state index >= 15 is 0 Å². The number of amides is 2. The van der Waals surface area contributed by atoms with Gasteiger partial charge in [0.2, 0.25) is 11.8 Å². The molecule has 1 saturated carbocycles. The van der Waals surface area contributed by atoms with Gasteiger partial charge >= 0.3 is 0 Å². The first-order chi connectivity index (χ1) is 13.4. The van der Waals surface area contributed by atoms with Gasteiger partial charge in [-0.3, -0.25) is 14.5 Å². The molecule has 2 fully saturated rings. The Labute approximate surface area is 167 Å². The van der Waals surface area contributed by atoms with Crippen LogP contribution < -0.4 is 5.32 Å². The number of aromatic nitrogens is 1. The molecule has 0 radical (unpaired) electrons. The van der Waals surface area contributed by atoms with E-state index in [0.717, 1.165) is 24.1 Å². The second-order valence-corrected chi connectivity index (χ2v) is 8.04. The summed E-state index contributed by atoms with van der Waals surface area (Å²) in [4.78, 5) is 28.1. The molecule has 1 saturated heterocycles. The van der Waals surface area contributed by atoms with Crippen LogP contribution in [0.15, 0.2) is 0 Å². The number of nitrogens with one attached hydrogen (secondary N) is 1. The lowest BCUT2D eigenvalue weighted by Crippen LogP contribution is -2.50. The minimum Gasteiger partial charge on any atom is -0.340 e. The lowest BCUT2D eigenvalue weighted by Gasteiger charge is -2.33. The molecule has 2 heterocycles. The lowest BCUT2D eigenvalue weighted by molar-refractivity contribution is -0.130. The molecule has 1 aliphatic heterocycles. The van der Waals surface area contributed by atoms with Crippen LogP contribution in [0.5, 0.6) is 0 Å². The third-order valence-electron chi connectivity index (χ3n) is 6.25. The molecule has 3 rings (SSSR count). The lowest BCUT2D eigenvalue weighted by atomic mass is 9.95. The molecule has 0 unspecified atom stereocenters. The highest BCUT2D eigenvalue weighted by Crippen LogP contribution is 2.36. The molecule has 1 aliphatic carbocycles. The summed E-state index contributed by atoms with van der Waals surface area (Å²) >= 11 is 0. The van der Waals surface area contributed by atoms with Crippen molar-refractivity contribution >= 4 is 17.6 Å². The zero-order valence-corrected chi connectivity index (χ0v) is 17.3. The van der Waals surface area contributed by atoms with Crippen molar-refractivity contribution in [3.05, 3.63) is 16.8 Å². The minimum atomic E-state index is -0.0951. The van der Waals surface area contributed by atoms with Gasteiger partial charge in [-0.2, -0.15) is 5.26 Å². The van der Waals surface area contributed by atoms with Gasteiger partial charge in [0, 0.05) is 44.8 Å². The van der Waals surface area contributed by atoms with E-state index in [9.17, 15) is 14.9 Å². The second-order valence-electron chi connectivity index (χ2n) is 8.04. The largest absolute Gasteiger partial charge is 0.340 e. The van der Waals surface area contributed by atoms with Crippen molar-refractivity contribution in [2.45, 2.75) is 58.9 Å². The Morgan fingerprint density at radius 2 is 1.75 bits per heavy atom. The summed E-state index contributed by atoms with van der Waals surface area (Å²) in [6.45, 7) is 8.57. The molecule has 0 aromatic carbocycles. The summed E-state index contributed by atoms with van der Waals surface area (Å²) in [5.41, 5.74) is 2.62. The van der Waals surface area contributed by atoms with Gasteiger partial charge in [-0.05, 0) is 32.3 Å². The summed E-state index contributed by atoms with van der Waals surface area (Å²) in [6.07, 6.45) is 5.83. The molecule has 7 heteroatoms. The number of carbonyl (C=O) groups excluding carboxylic acids is 2. The average molecular weight is 386 g/mol. The maximum absolute atomic E-state index is 12.8. The van der Waals surface area contributed by atoms with Crippen molar-refractivity contribution in [3.8, 4) is 6.07 Å². The fraction of sp³-hybridized carbons (Fsp3) is 0.667. The van der Waals surface area contributed by atoms with Gasteiger partial charge in [0.05, 0.1) is 12.1 Å². The van der Waals surface area contributed by atoms with Crippen LogP contribution in [0.4, 0.5) is 5.82 Å². The van der Waals surface area contributed by atoms with Gasteiger partial charge < -0.3 is 14.8 Å². The smallest absolute Gasteiger partial charge is 0.239 e. The fourth-order valence-electron chi connectivity index (χ4n) is 4.48. The third-order valence-corrected chi connectivity index (χ3v) is 6.25. The van der Waals surface area contributed by atoms with E-state index < -0.39 is 0 Å². The van der Waals surface area contributed by atoms with Crippen LogP contribution in [0.25, 0.3) is 0 Å². The monoisotopic (exact) mass is 385 g/mol. The van der Waals surface area contributed by atoms with Crippen molar-refractivity contribution in [1.29, 1.82) is 5.26 Å². The molecule has 152 valence electrons. The maximum Gasteiger partial charge on any atom is 0.239 e. The van der Waals surface area contributed by atoms with Crippen LogP contribution >= 0.6 is 0 Å². The predicted octanol–water partition coefficient (Wildman–Crippen LogP) is 2.58. The van der Waals surface area contributed by atoms with Crippen molar-refractivity contribution in [3.63, 3.8) is 0 Å². The van der Waals surface area contributed by atoms with Crippen LogP contribution in [0.2, 0.25) is 0 Å². The molecular formula is C21H31N5O2. The third kappa shape index (κ3) is 4.22. The van der Waals surface area contributed by atoms with Crippen molar-refractivity contribution in [1.82, 2.24) is 14.4 Å². The average Bonchev–Trinajstić information content (AvgIpc) is 2.92. The Hall–Kier alpha value is -2.33. The Morgan fingerprint density at radius 3 is 2.32 bits per heavy atom. The number of hydrogen-bond acceptors (Lipinski definition) is 4. The first-order valence-corrected chi connectivity index (χ1v) is 10.3. The maximum atomic E-state index is 12.8. The van der Waals surface area contributed by atoms with Crippen molar-refractivity contribution < 1.29 is 9.59 Å². The minimum absolute atomic E-state index is 0.0824. The number of rotatable bonds is 4. The number of hydrogen-bond donors (Lipinski definition) is 1. The van der Waals surface area contributed by atoms with E-state index in [4.69, 9.17) is 0 Å². The number of nitrogens with zero attached hydrogens (tertiary/aromatic N) is 4. The molecule has 0 bridgehead atoms. The fourth-order valence-corrected chi connectivity index (χ4v) is 4.48. The quantitative estimate of drug-likeness (QED) is 0.864. The Bertz CT molecular complexity index is 778. The predicted molar refractivity (Wildman–Crippen MR) is 108 cm³/mol. The molecule has 0 spiro atoms. The van der Waals surface area contributed by atoms with E-state index in [1.165, 1.54) is 19.3 Å². The highest BCUT2D eigenvalue weighted by molar-refractivity contribution is 5.93. The molecule has 7 nitrogen and oxygen atoms in total. The first kappa shape index (κ1) is 20.4. The normalized spacial score (nSPS) is 18.7. The summed E-state index contributed by atoms with van der Waals surface area (Å²) in [7, 11) is 0. The topological polar surface area (TPSA) is 81.4 Å². The zero-order valence-electron chi connectivity index (χ0n) is 17.3. The highest BCUT2D eigenvalue weighted by Gasteiger charge is 2.27. The first-order valence-electron chi connectivity index (χ1n) is 10.3. The molecular weight excluding hydrogens is 354 g/mol. The Kier molecular flexibility index (Phi) is 6.40. The van der Waals surface area contributed by atoms with Crippen LogP contribution in [0.1, 0.15) is 61.9 Å². The molecule has 2 amide bonds. The summed E-state index contributed by atoms with van der Waals surface area (Å²) in [5.74, 6) is 0.651. The van der Waals surface area contributed by atoms with Gasteiger partial charge in [-0.25, -0.2) is 0 Å². The molecule has 0 atom stereocenters.